The van der Waals surface area contributed by atoms with Crippen LogP contribution >= 0.6 is 0 Å². The van der Waals surface area contributed by atoms with Gasteiger partial charge < -0.3 is 0 Å². The van der Waals surface area contributed by atoms with Crippen molar-refractivity contribution in [3.8, 4) is 0 Å². The molecule has 1 fully saturated rings. The molecule has 0 nitrogen and oxygen atoms in total. The van der Waals surface area contributed by atoms with Crippen molar-refractivity contribution >= 4 is 0 Å². The summed E-state index contributed by atoms with van der Waals surface area (Å²) in [5.41, 5.74) is 2.45. The molecule has 2 unspecified atom stereocenters. The predicted octanol–water partition coefficient (Wildman–Crippen LogP) is 3.41. The molecule has 0 spiro atoms. The van der Waals surface area contributed by atoms with Gasteiger partial charge in [-0.1, -0.05) is 32.6 Å². The van der Waals surface area contributed by atoms with E-state index in [1.807, 2.05) is 0 Å². The van der Waals surface area contributed by atoms with E-state index < -0.39 is 0 Å². The summed E-state index contributed by atoms with van der Waals surface area (Å²) in [7, 11) is 0. The fraction of sp³-hybridized carbons (Fsp3) is 0.636. The maximum absolute atomic E-state index is 4.05. The number of allylic oxidation sites excluding steroid dienone is 2. The van der Waals surface area contributed by atoms with Crippen LogP contribution in [0.5, 0.6) is 0 Å². The lowest BCUT2D eigenvalue weighted by Crippen LogP contribution is -1.95. The quantitative estimate of drug-likeness (QED) is 0.541. The van der Waals surface area contributed by atoms with Crippen molar-refractivity contribution in [2.45, 2.75) is 27.2 Å². The summed E-state index contributed by atoms with van der Waals surface area (Å²) >= 11 is 0. The van der Waals surface area contributed by atoms with Gasteiger partial charge in [0.15, 0.2) is 0 Å². The lowest BCUT2D eigenvalue weighted by atomic mass is 10.0. The summed E-state index contributed by atoms with van der Waals surface area (Å²) in [6, 6.07) is 0. The van der Waals surface area contributed by atoms with Crippen molar-refractivity contribution < 1.29 is 0 Å². The van der Waals surface area contributed by atoms with Gasteiger partial charge >= 0.3 is 0 Å². The first-order chi connectivity index (χ1) is 5.04. The first kappa shape index (κ1) is 8.58. The van der Waals surface area contributed by atoms with E-state index in [1.54, 1.807) is 0 Å². The van der Waals surface area contributed by atoms with E-state index in [0.717, 1.165) is 23.3 Å². The Morgan fingerprint density at radius 2 is 1.91 bits per heavy atom. The van der Waals surface area contributed by atoms with Crippen molar-refractivity contribution in [3.05, 3.63) is 24.3 Å². The van der Waals surface area contributed by atoms with Gasteiger partial charge in [0.05, 0.1) is 0 Å². The van der Waals surface area contributed by atoms with Gasteiger partial charge in [-0.15, -0.1) is 0 Å². The molecule has 0 aromatic heterocycles. The molecule has 0 aromatic rings. The van der Waals surface area contributed by atoms with Crippen LogP contribution < -0.4 is 0 Å². The van der Waals surface area contributed by atoms with Crippen LogP contribution in [0.25, 0.3) is 0 Å². The van der Waals surface area contributed by atoms with Gasteiger partial charge in [0.2, 0.25) is 0 Å². The molecule has 2 atom stereocenters. The Kier molecular flexibility index (Phi) is 2.22. The smallest absolute Gasteiger partial charge is 0.0131 e. The maximum Gasteiger partial charge on any atom is -0.0131 e. The van der Waals surface area contributed by atoms with E-state index in [9.17, 15) is 0 Å². The van der Waals surface area contributed by atoms with Crippen molar-refractivity contribution in [2.75, 3.05) is 0 Å². The largest absolute Gasteiger partial charge is 0.0958 e. The Bertz CT molecular complexity index is 186. The first-order valence-corrected chi connectivity index (χ1v) is 4.38. The molecule has 1 saturated carbocycles. The van der Waals surface area contributed by atoms with Crippen LogP contribution in [-0.2, 0) is 0 Å². The summed E-state index contributed by atoms with van der Waals surface area (Å²) in [4.78, 5) is 0. The molecule has 0 amide bonds. The summed E-state index contributed by atoms with van der Waals surface area (Å²) < 4.78 is 0. The molecule has 1 rings (SSSR count). The Balaban J connectivity index is 2.44. The summed E-state index contributed by atoms with van der Waals surface area (Å²) in [5, 5.41) is 0. The molecule has 0 aliphatic heterocycles. The van der Waals surface area contributed by atoms with Gasteiger partial charge in [0, 0.05) is 0 Å². The van der Waals surface area contributed by atoms with Gasteiger partial charge in [-0.2, -0.15) is 0 Å². The highest BCUT2D eigenvalue weighted by Gasteiger charge is 2.40. The third-order valence-corrected chi connectivity index (χ3v) is 2.69. The van der Waals surface area contributed by atoms with Crippen molar-refractivity contribution in [1.82, 2.24) is 0 Å². The van der Waals surface area contributed by atoms with Crippen LogP contribution in [0.4, 0.5) is 0 Å². The van der Waals surface area contributed by atoms with Gasteiger partial charge in [-0.05, 0) is 36.7 Å². The summed E-state index contributed by atoms with van der Waals surface area (Å²) in [6.07, 6.45) is 1.34. The van der Waals surface area contributed by atoms with Gasteiger partial charge in [0.1, 0.15) is 0 Å². The highest BCUT2D eigenvalue weighted by molar-refractivity contribution is 5.30. The zero-order chi connectivity index (χ0) is 8.59. The molecule has 0 radical (unpaired) electrons. The molecule has 0 saturated heterocycles. The van der Waals surface area contributed by atoms with Crippen LogP contribution in [0.15, 0.2) is 24.3 Å². The minimum atomic E-state index is 0.757. The normalized spacial score (nSPS) is 28.7. The Morgan fingerprint density at radius 1 is 1.36 bits per heavy atom. The van der Waals surface area contributed by atoms with E-state index in [-0.39, 0.29) is 0 Å². The molecular weight excluding hydrogens is 132 g/mol. The molecular formula is C11H18. The molecule has 0 heterocycles. The zero-order valence-electron chi connectivity index (χ0n) is 7.85. The highest BCUT2D eigenvalue weighted by atomic mass is 14.4. The van der Waals surface area contributed by atoms with E-state index >= 15 is 0 Å². The average Bonchev–Trinajstić information content (AvgIpc) is 2.63. The lowest BCUT2D eigenvalue weighted by Gasteiger charge is -2.05. The molecule has 0 bridgehead atoms. The second-order valence-electron chi connectivity index (χ2n) is 4.06. The number of hydrogen-bond donors (Lipinski definition) is 0. The molecule has 11 heavy (non-hydrogen) atoms. The van der Waals surface area contributed by atoms with Crippen LogP contribution in [0.2, 0.25) is 0 Å². The maximum atomic E-state index is 4.05. The second-order valence-corrected chi connectivity index (χ2v) is 4.06. The van der Waals surface area contributed by atoms with Crippen LogP contribution in [0.3, 0.4) is 0 Å². The van der Waals surface area contributed by atoms with Gasteiger partial charge in [-0.3, -0.25) is 0 Å². The van der Waals surface area contributed by atoms with E-state index in [4.69, 9.17) is 0 Å². The molecule has 0 heteroatoms. The average molecular weight is 150 g/mol. The van der Waals surface area contributed by atoms with E-state index in [2.05, 4.69) is 33.9 Å². The van der Waals surface area contributed by atoms with Crippen LogP contribution in [0.1, 0.15) is 27.2 Å². The fourth-order valence-corrected chi connectivity index (χ4v) is 1.67. The van der Waals surface area contributed by atoms with Crippen molar-refractivity contribution in [2.24, 2.45) is 17.8 Å². The van der Waals surface area contributed by atoms with Crippen molar-refractivity contribution in [1.29, 1.82) is 0 Å². The van der Waals surface area contributed by atoms with E-state index in [0.29, 0.717) is 0 Å². The van der Waals surface area contributed by atoms with Gasteiger partial charge in [-0.25, -0.2) is 0 Å². The Labute approximate surface area is 70.0 Å². The Hall–Kier alpha value is -0.520. The monoisotopic (exact) mass is 150 g/mol. The minimum absolute atomic E-state index is 0.757. The molecule has 0 N–H and O–H groups in total. The lowest BCUT2D eigenvalue weighted by molar-refractivity contribution is 0.538. The SMILES string of the molecule is C=C(C)C(=C)C1CC1C(C)C. The zero-order valence-corrected chi connectivity index (χ0v) is 7.85. The van der Waals surface area contributed by atoms with Crippen molar-refractivity contribution in [3.63, 3.8) is 0 Å². The summed E-state index contributed by atoms with van der Waals surface area (Å²) in [5.74, 6) is 2.46. The molecule has 1 aliphatic carbocycles. The van der Waals surface area contributed by atoms with Crippen LogP contribution in [0, 0.1) is 17.8 Å². The number of rotatable bonds is 3. The number of hydrogen-bond acceptors (Lipinski definition) is 0. The second kappa shape index (κ2) is 2.84. The minimum Gasteiger partial charge on any atom is -0.0958 e. The fourth-order valence-electron chi connectivity index (χ4n) is 1.67. The standard InChI is InChI=1S/C11H18/c1-7(2)9(5)11-6-10(11)8(3)4/h8,10-11H,1,5-6H2,2-4H3. The third kappa shape index (κ3) is 1.74. The van der Waals surface area contributed by atoms with Crippen LogP contribution in [-0.4, -0.2) is 0 Å². The molecule has 62 valence electrons. The topological polar surface area (TPSA) is 0 Å². The van der Waals surface area contributed by atoms with E-state index in [1.165, 1.54) is 12.0 Å². The summed E-state index contributed by atoms with van der Waals surface area (Å²) in [6.45, 7) is 14.6. The third-order valence-electron chi connectivity index (χ3n) is 2.69. The predicted molar refractivity (Wildman–Crippen MR) is 50.4 cm³/mol. The van der Waals surface area contributed by atoms with Gasteiger partial charge in [0.25, 0.3) is 0 Å². The molecule has 0 aromatic carbocycles. The Morgan fingerprint density at radius 3 is 2.18 bits per heavy atom. The highest BCUT2D eigenvalue weighted by Crippen LogP contribution is 2.49. The first-order valence-electron chi connectivity index (χ1n) is 4.38. The molecule has 1 aliphatic rings.